The molecule has 0 rings (SSSR count). The standard InChI is InChI=1S/C46H87NO6/c1-6-10-14-18-20-26-33-41(32-24-16-12-8-3)45(50)47(5)40-44(49)52-38-30-22-28-36-43(48)37-29-23-31-39-53-46(51)42(34-25-17-13-9-4)35-27-21-19-15-11-7-2/h41-42H,6-40H2,1-5H3. The van der Waals surface area contributed by atoms with Crippen molar-refractivity contribution in [1.82, 2.24) is 4.90 Å². The zero-order valence-corrected chi connectivity index (χ0v) is 35.8. The number of nitrogens with zero attached hydrogens (tertiary/aromatic N) is 1. The monoisotopic (exact) mass is 750 g/mol. The summed E-state index contributed by atoms with van der Waals surface area (Å²) in [7, 11) is 1.73. The third-order valence-corrected chi connectivity index (χ3v) is 10.8. The first kappa shape index (κ1) is 51.1. The molecule has 0 radical (unpaired) electrons. The van der Waals surface area contributed by atoms with E-state index in [1.165, 1.54) is 96.3 Å². The fourth-order valence-corrected chi connectivity index (χ4v) is 7.18. The molecule has 0 aliphatic heterocycles. The fraction of sp³-hybridized carbons (Fsp3) is 0.913. The van der Waals surface area contributed by atoms with E-state index in [0.717, 1.165) is 96.3 Å². The average molecular weight is 750 g/mol. The number of hydrogen-bond acceptors (Lipinski definition) is 6. The highest BCUT2D eigenvalue weighted by atomic mass is 16.5. The summed E-state index contributed by atoms with van der Waals surface area (Å²) in [6.07, 6.45) is 33.8. The summed E-state index contributed by atoms with van der Waals surface area (Å²) in [5, 5.41) is 0. The minimum atomic E-state index is -0.354. The molecule has 7 nitrogen and oxygen atoms in total. The van der Waals surface area contributed by atoms with Crippen molar-refractivity contribution in [1.29, 1.82) is 0 Å². The maximum atomic E-state index is 13.2. The van der Waals surface area contributed by atoms with Gasteiger partial charge in [-0.2, -0.15) is 0 Å². The van der Waals surface area contributed by atoms with E-state index in [1.54, 1.807) is 11.9 Å². The number of carbonyl (C=O) groups is 4. The van der Waals surface area contributed by atoms with Gasteiger partial charge in [0, 0.05) is 25.8 Å². The van der Waals surface area contributed by atoms with E-state index in [4.69, 9.17) is 9.47 Å². The molecule has 0 aromatic rings. The fourth-order valence-electron chi connectivity index (χ4n) is 7.18. The molecule has 7 heteroatoms. The first-order valence-electron chi connectivity index (χ1n) is 22.9. The van der Waals surface area contributed by atoms with Gasteiger partial charge in [-0.25, -0.2) is 0 Å². The highest BCUT2D eigenvalue weighted by Gasteiger charge is 2.23. The van der Waals surface area contributed by atoms with Gasteiger partial charge in [0.05, 0.1) is 19.1 Å². The molecule has 0 aliphatic carbocycles. The normalized spacial score (nSPS) is 12.4. The Bertz CT molecular complexity index is 876. The van der Waals surface area contributed by atoms with Crippen LogP contribution in [0.5, 0.6) is 0 Å². The summed E-state index contributed by atoms with van der Waals surface area (Å²) in [4.78, 5) is 52.5. The number of esters is 2. The molecule has 2 unspecified atom stereocenters. The molecule has 0 heterocycles. The highest BCUT2D eigenvalue weighted by Crippen LogP contribution is 2.22. The summed E-state index contributed by atoms with van der Waals surface area (Å²) in [5.74, 6) is 0.0108. The van der Waals surface area contributed by atoms with E-state index in [0.29, 0.717) is 26.1 Å². The molecule has 0 N–H and O–H groups in total. The van der Waals surface area contributed by atoms with Crippen LogP contribution < -0.4 is 0 Å². The van der Waals surface area contributed by atoms with Crippen LogP contribution in [0.1, 0.15) is 233 Å². The minimum Gasteiger partial charge on any atom is -0.465 e. The summed E-state index contributed by atoms with van der Waals surface area (Å²) in [6, 6.07) is 0. The van der Waals surface area contributed by atoms with Crippen LogP contribution in [0.15, 0.2) is 0 Å². The number of Topliss-reactive ketones (excluding diaryl/α,β-unsaturated/α-hetero) is 1. The second kappa shape index (κ2) is 38.4. The predicted molar refractivity (Wildman–Crippen MR) is 222 cm³/mol. The Balaban J connectivity index is 4.17. The first-order chi connectivity index (χ1) is 25.8. The van der Waals surface area contributed by atoms with Gasteiger partial charge in [0.2, 0.25) is 5.91 Å². The van der Waals surface area contributed by atoms with E-state index in [2.05, 4.69) is 27.7 Å². The first-order valence-corrected chi connectivity index (χ1v) is 22.9. The van der Waals surface area contributed by atoms with Crippen molar-refractivity contribution < 1.29 is 28.7 Å². The second-order valence-corrected chi connectivity index (χ2v) is 15.9. The van der Waals surface area contributed by atoms with Crippen LogP contribution in [0.4, 0.5) is 0 Å². The van der Waals surface area contributed by atoms with Crippen LogP contribution in [0.3, 0.4) is 0 Å². The number of amides is 1. The third kappa shape index (κ3) is 32.1. The van der Waals surface area contributed by atoms with Crippen LogP contribution in [0.25, 0.3) is 0 Å². The molecule has 0 saturated carbocycles. The van der Waals surface area contributed by atoms with Crippen molar-refractivity contribution >= 4 is 23.6 Å². The lowest BCUT2D eigenvalue weighted by molar-refractivity contribution is -0.150. The number of hydrogen-bond donors (Lipinski definition) is 0. The Kier molecular flexibility index (Phi) is 37.0. The smallest absolute Gasteiger partial charge is 0.325 e. The van der Waals surface area contributed by atoms with Gasteiger partial charge in [0.1, 0.15) is 12.3 Å². The van der Waals surface area contributed by atoms with E-state index in [-0.39, 0.29) is 42.0 Å². The molecule has 0 saturated heterocycles. The largest absolute Gasteiger partial charge is 0.465 e. The van der Waals surface area contributed by atoms with E-state index in [9.17, 15) is 19.2 Å². The van der Waals surface area contributed by atoms with Gasteiger partial charge in [-0.05, 0) is 64.2 Å². The van der Waals surface area contributed by atoms with Gasteiger partial charge in [-0.3, -0.25) is 19.2 Å². The lowest BCUT2D eigenvalue weighted by atomic mass is 9.93. The molecule has 1 amide bonds. The molecule has 0 bridgehead atoms. The molecule has 2 atom stereocenters. The van der Waals surface area contributed by atoms with Gasteiger partial charge in [0.25, 0.3) is 0 Å². The van der Waals surface area contributed by atoms with Crippen molar-refractivity contribution in [2.75, 3.05) is 26.8 Å². The molecular weight excluding hydrogens is 663 g/mol. The number of unbranched alkanes of at least 4 members (excludes halogenated alkanes) is 20. The molecular formula is C46H87NO6. The lowest BCUT2D eigenvalue weighted by Gasteiger charge is -2.23. The maximum Gasteiger partial charge on any atom is 0.325 e. The molecule has 312 valence electrons. The minimum absolute atomic E-state index is 0.00268. The molecule has 0 aromatic carbocycles. The summed E-state index contributed by atoms with van der Waals surface area (Å²) in [6.45, 7) is 9.65. The van der Waals surface area contributed by atoms with Gasteiger partial charge < -0.3 is 14.4 Å². The van der Waals surface area contributed by atoms with E-state index >= 15 is 0 Å². The Morgan fingerprint density at radius 1 is 0.434 bits per heavy atom. The van der Waals surface area contributed by atoms with Crippen molar-refractivity contribution in [3.63, 3.8) is 0 Å². The Morgan fingerprint density at radius 3 is 1.25 bits per heavy atom. The lowest BCUT2D eigenvalue weighted by Crippen LogP contribution is -2.37. The van der Waals surface area contributed by atoms with Crippen molar-refractivity contribution in [3.8, 4) is 0 Å². The number of rotatable bonds is 40. The Morgan fingerprint density at radius 2 is 0.792 bits per heavy atom. The Hall–Kier alpha value is -1.92. The van der Waals surface area contributed by atoms with Crippen LogP contribution in [0, 0.1) is 11.8 Å². The van der Waals surface area contributed by atoms with Crippen LogP contribution in [-0.2, 0) is 28.7 Å². The SMILES string of the molecule is CCCCCCCCC(CCCCCC)C(=O)OCCCCCC(=O)CCCCCOC(=O)CN(C)C(=O)C(CCCCCC)CCCCCCCC. The quantitative estimate of drug-likeness (QED) is 0.0458. The second-order valence-electron chi connectivity index (χ2n) is 15.9. The number of ketones is 1. The summed E-state index contributed by atoms with van der Waals surface area (Å²) < 4.78 is 11.1. The molecule has 0 aromatic heterocycles. The van der Waals surface area contributed by atoms with Gasteiger partial charge in [0.15, 0.2) is 0 Å². The third-order valence-electron chi connectivity index (χ3n) is 10.8. The molecule has 53 heavy (non-hydrogen) atoms. The van der Waals surface area contributed by atoms with E-state index < -0.39 is 0 Å². The Labute approximate surface area is 328 Å². The summed E-state index contributed by atoms with van der Waals surface area (Å²) >= 11 is 0. The van der Waals surface area contributed by atoms with Crippen molar-refractivity contribution in [3.05, 3.63) is 0 Å². The van der Waals surface area contributed by atoms with E-state index in [1.807, 2.05) is 0 Å². The van der Waals surface area contributed by atoms with Gasteiger partial charge >= 0.3 is 11.9 Å². The van der Waals surface area contributed by atoms with Crippen molar-refractivity contribution in [2.45, 2.75) is 233 Å². The number of likely N-dealkylation sites (N-methyl/N-ethyl adjacent to an activating group) is 1. The highest BCUT2D eigenvalue weighted by molar-refractivity contribution is 5.83. The van der Waals surface area contributed by atoms with Crippen molar-refractivity contribution in [2.24, 2.45) is 11.8 Å². The predicted octanol–water partition coefficient (Wildman–Crippen LogP) is 12.9. The van der Waals surface area contributed by atoms with Crippen LogP contribution in [0.2, 0.25) is 0 Å². The van der Waals surface area contributed by atoms with Crippen LogP contribution >= 0.6 is 0 Å². The number of ether oxygens (including phenoxy) is 2. The zero-order chi connectivity index (χ0) is 39.2. The summed E-state index contributed by atoms with van der Waals surface area (Å²) in [5.41, 5.74) is 0. The van der Waals surface area contributed by atoms with Gasteiger partial charge in [-0.1, -0.05) is 156 Å². The average Bonchev–Trinajstić information content (AvgIpc) is 3.15. The van der Waals surface area contributed by atoms with Gasteiger partial charge in [-0.15, -0.1) is 0 Å². The zero-order valence-electron chi connectivity index (χ0n) is 35.8. The molecule has 0 spiro atoms. The number of carbonyl (C=O) groups excluding carboxylic acids is 4. The topological polar surface area (TPSA) is 90.0 Å². The molecule has 0 fully saturated rings. The molecule has 0 aliphatic rings. The van der Waals surface area contributed by atoms with Crippen LogP contribution in [-0.4, -0.2) is 55.3 Å². The maximum absolute atomic E-state index is 13.2.